The number of nitrogens with zero attached hydrogens (tertiary/aromatic N) is 3. The molecule has 0 atom stereocenters. The highest BCUT2D eigenvalue weighted by molar-refractivity contribution is 5.94. The summed E-state index contributed by atoms with van der Waals surface area (Å²) >= 11 is 0. The number of hydrogen-bond acceptors (Lipinski definition) is 6. The Morgan fingerprint density at radius 1 is 1.00 bits per heavy atom. The van der Waals surface area contributed by atoms with E-state index in [0.29, 0.717) is 24.8 Å². The van der Waals surface area contributed by atoms with Crippen LogP contribution in [-0.4, -0.2) is 46.6 Å². The summed E-state index contributed by atoms with van der Waals surface area (Å²) in [5.41, 5.74) is 1.92. The van der Waals surface area contributed by atoms with Crippen molar-refractivity contribution in [2.24, 2.45) is 0 Å². The lowest BCUT2D eigenvalue weighted by Crippen LogP contribution is -2.41. The molecular formula is C24H27N5O3. The van der Waals surface area contributed by atoms with Crippen LogP contribution < -0.4 is 10.6 Å². The molecule has 166 valence electrons. The van der Waals surface area contributed by atoms with Gasteiger partial charge in [-0.25, -0.2) is 4.79 Å². The lowest BCUT2D eigenvalue weighted by atomic mass is 9.96. The monoisotopic (exact) mass is 433 g/mol. The number of piperidine rings is 1. The minimum absolute atomic E-state index is 0.230. The summed E-state index contributed by atoms with van der Waals surface area (Å²) in [6.07, 6.45) is 2.08. The molecule has 2 heterocycles. The maximum absolute atomic E-state index is 12.1. The van der Waals surface area contributed by atoms with E-state index in [-0.39, 0.29) is 18.2 Å². The fourth-order valence-electron chi connectivity index (χ4n) is 3.78. The molecule has 1 saturated heterocycles. The molecule has 0 saturated carbocycles. The first-order chi connectivity index (χ1) is 15.7. The molecule has 2 aromatic carbocycles. The standard InChI is InChI=1S/C24H27N5O3/c30-21(26-24(31)25-17-18-7-3-1-4-8-18)13-16-29-14-11-20(12-15-29)23-27-22(28-32-23)19-9-5-2-6-10-19/h1-10,20H,11-17H2,(H2,25,26,30,31). The van der Waals surface area contributed by atoms with Gasteiger partial charge in [-0.15, -0.1) is 0 Å². The van der Waals surface area contributed by atoms with Crippen molar-refractivity contribution in [3.63, 3.8) is 0 Å². The average Bonchev–Trinajstić information content (AvgIpc) is 3.33. The predicted octanol–water partition coefficient (Wildman–Crippen LogP) is 3.33. The van der Waals surface area contributed by atoms with Gasteiger partial charge in [0.1, 0.15) is 0 Å². The molecule has 2 N–H and O–H groups in total. The number of carbonyl (C=O) groups is 2. The molecule has 0 spiro atoms. The SMILES string of the molecule is O=C(CCN1CCC(c2nc(-c3ccccc3)no2)CC1)NC(=O)NCc1ccccc1. The molecule has 8 heteroatoms. The van der Waals surface area contributed by atoms with Gasteiger partial charge in [0.15, 0.2) is 0 Å². The smallest absolute Gasteiger partial charge is 0.321 e. The van der Waals surface area contributed by atoms with Gasteiger partial charge in [0, 0.05) is 31.0 Å². The third-order valence-corrected chi connectivity index (χ3v) is 5.61. The molecule has 1 aliphatic rings. The van der Waals surface area contributed by atoms with E-state index in [4.69, 9.17) is 4.52 Å². The summed E-state index contributed by atoms with van der Waals surface area (Å²) in [5, 5.41) is 9.20. The van der Waals surface area contributed by atoms with Crippen LogP contribution in [0.4, 0.5) is 4.79 Å². The normalized spacial score (nSPS) is 14.8. The largest absolute Gasteiger partial charge is 0.339 e. The van der Waals surface area contributed by atoms with Gasteiger partial charge in [0.2, 0.25) is 17.6 Å². The van der Waals surface area contributed by atoms with Crippen molar-refractivity contribution < 1.29 is 14.1 Å². The molecule has 32 heavy (non-hydrogen) atoms. The molecule has 4 rings (SSSR count). The number of rotatable bonds is 7. The zero-order valence-electron chi connectivity index (χ0n) is 17.9. The highest BCUT2D eigenvalue weighted by atomic mass is 16.5. The van der Waals surface area contributed by atoms with Crippen molar-refractivity contribution in [1.82, 2.24) is 25.7 Å². The lowest BCUT2D eigenvalue weighted by molar-refractivity contribution is -0.120. The number of benzene rings is 2. The van der Waals surface area contributed by atoms with Crippen molar-refractivity contribution in [1.29, 1.82) is 0 Å². The fourth-order valence-corrected chi connectivity index (χ4v) is 3.78. The van der Waals surface area contributed by atoms with Crippen LogP contribution in [0.3, 0.4) is 0 Å². The van der Waals surface area contributed by atoms with Crippen LogP contribution in [0, 0.1) is 0 Å². The first kappa shape index (κ1) is 21.7. The third-order valence-electron chi connectivity index (χ3n) is 5.61. The summed E-state index contributed by atoms with van der Waals surface area (Å²) in [5.74, 6) is 1.25. The summed E-state index contributed by atoms with van der Waals surface area (Å²) in [4.78, 5) is 30.8. The summed E-state index contributed by atoms with van der Waals surface area (Å²) < 4.78 is 5.50. The Kier molecular flexibility index (Phi) is 7.24. The van der Waals surface area contributed by atoms with Crippen molar-refractivity contribution >= 4 is 11.9 Å². The van der Waals surface area contributed by atoms with E-state index in [0.717, 1.165) is 37.1 Å². The van der Waals surface area contributed by atoms with E-state index in [1.807, 2.05) is 60.7 Å². The first-order valence-electron chi connectivity index (χ1n) is 10.9. The van der Waals surface area contributed by atoms with Gasteiger partial charge >= 0.3 is 6.03 Å². The van der Waals surface area contributed by atoms with Crippen LogP contribution in [0.1, 0.15) is 36.6 Å². The van der Waals surface area contributed by atoms with Crippen LogP contribution in [0.15, 0.2) is 65.2 Å². The molecular weight excluding hydrogens is 406 g/mol. The van der Waals surface area contributed by atoms with Crippen molar-refractivity contribution in [3.05, 3.63) is 72.1 Å². The molecule has 0 radical (unpaired) electrons. The van der Waals surface area contributed by atoms with Gasteiger partial charge in [-0.1, -0.05) is 65.8 Å². The fraction of sp³-hybridized carbons (Fsp3) is 0.333. The maximum atomic E-state index is 12.1. The Morgan fingerprint density at radius 3 is 2.41 bits per heavy atom. The van der Waals surface area contributed by atoms with Crippen LogP contribution in [0.25, 0.3) is 11.4 Å². The molecule has 1 aliphatic heterocycles. The molecule has 1 aromatic heterocycles. The van der Waals surface area contributed by atoms with Crippen molar-refractivity contribution in [2.75, 3.05) is 19.6 Å². The zero-order valence-corrected chi connectivity index (χ0v) is 17.9. The summed E-state index contributed by atoms with van der Waals surface area (Å²) in [7, 11) is 0. The van der Waals surface area contributed by atoms with Crippen LogP contribution in [-0.2, 0) is 11.3 Å². The highest BCUT2D eigenvalue weighted by Crippen LogP contribution is 2.28. The van der Waals surface area contributed by atoms with Gasteiger partial charge < -0.3 is 14.7 Å². The van der Waals surface area contributed by atoms with Crippen LogP contribution in [0.5, 0.6) is 0 Å². The van der Waals surface area contributed by atoms with Crippen molar-refractivity contribution in [2.45, 2.75) is 31.7 Å². The summed E-state index contributed by atoms with van der Waals surface area (Å²) in [6.45, 7) is 2.70. The Hall–Kier alpha value is -3.52. The van der Waals surface area contributed by atoms with Gasteiger partial charge in [-0.2, -0.15) is 4.98 Å². The molecule has 0 aliphatic carbocycles. The van der Waals surface area contributed by atoms with E-state index in [1.165, 1.54) is 0 Å². The topological polar surface area (TPSA) is 100 Å². The van der Waals surface area contributed by atoms with E-state index >= 15 is 0 Å². The van der Waals surface area contributed by atoms with E-state index in [1.54, 1.807) is 0 Å². The molecule has 0 unspecified atom stereocenters. The van der Waals surface area contributed by atoms with Gasteiger partial charge in [-0.05, 0) is 31.5 Å². The minimum atomic E-state index is -0.469. The van der Waals surface area contributed by atoms with Crippen LogP contribution in [0.2, 0.25) is 0 Å². The van der Waals surface area contributed by atoms with Gasteiger partial charge in [-0.3, -0.25) is 10.1 Å². The molecule has 3 aromatic rings. The summed E-state index contributed by atoms with van der Waals surface area (Å²) in [6, 6.07) is 18.9. The first-order valence-corrected chi connectivity index (χ1v) is 10.9. The third kappa shape index (κ3) is 6.01. The van der Waals surface area contributed by atoms with Crippen molar-refractivity contribution in [3.8, 4) is 11.4 Å². The lowest BCUT2D eigenvalue weighted by Gasteiger charge is -2.29. The second-order valence-electron chi connectivity index (χ2n) is 7.90. The van der Waals surface area contributed by atoms with Crippen LogP contribution >= 0.6 is 0 Å². The number of urea groups is 1. The Labute approximate surface area is 187 Å². The number of hydrogen-bond donors (Lipinski definition) is 2. The predicted molar refractivity (Wildman–Crippen MR) is 120 cm³/mol. The maximum Gasteiger partial charge on any atom is 0.321 e. The Morgan fingerprint density at radius 2 is 1.69 bits per heavy atom. The van der Waals surface area contributed by atoms with E-state index in [9.17, 15) is 9.59 Å². The number of carbonyl (C=O) groups excluding carboxylic acids is 2. The van der Waals surface area contributed by atoms with Gasteiger partial charge in [0.05, 0.1) is 0 Å². The number of imide groups is 1. The molecule has 1 fully saturated rings. The number of amides is 3. The second kappa shape index (κ2) is 10.7. The minimum Gasteiger partial charge on any atom is -0.339 e. The molecule has 0 bridgehead atoms. The number of likely N-dealkylation sites (tertiary alicyclic amines) is 1. The number of nitrogens with one attached hydrogen (secondary N) is 2. The second-order valence-corrected chi connectivity index (χ2v) is 7.90. The molecule has 3 amide bonds. The van der Waals surface area contributed by atoms with E-state index < -0.39 is 6.03 Å². The zero-order chi connectivity index (χ0) is 22.2. The Bertz CT molecular complexity index is 1010. The number of aromatic nitrogens is 2. The van der Waals surface area contributed by atoms with Gasteiger partial charge in [0.25, 0.3) is 0 Å². The quantitative estimate of drug-likeness (QED) is 0.593. The average molecular weight is 434 g/mol. The Balaban J connectivity index is 1.16. The van der Waals surface area contributed by atoms with E-state index in [2.05, 4.69) is 25.7 Å². The molecule has 8 nitrogen and oxygen atoms in total. The highest BCUT2D eigenvalue weighted by Gasteiger charge is 2.25.